The van der Waals surface area contributed by atoms with Crippen molar-refractivity contribution in [3.8, 4) is 0 Å². The van der Waals surface area contributed by atoms with Gasteiger partial charge in [0.1, 0.15) is 5.60 Å². The predicted molar refractivity (Wildman–Crippen MR) is 98.5 cm³/mol. The second-order valence-corrected chi connectivity index (χ2v) is 7.03. The Morgan fingerprint density at radius 2 is 2.00 bits per heavy atom. The highest BCUT2D eigenvalue weighted by Crippen LogP contribution is 2.51. The molecule has 5 heteroatoms. The maximum absolute atomic E-state index is 11.6. The predicted octanol–water partition coefficient (Wildman–Crippen LogP) is 3.19. The van der Waals surface area contributed by atoms with Gasteiger partial charge in [-0.05, 0) is 43.5 Å². The first-order valence-electron chi connectivity index (χ1n) is 8.79. The molecular formula is C19H29ClN2O2. The van der Waals surface area contributed by atoms with E-state index in [9.17, 15) is 4.79 Å². The molecule has 134 valence electrons. The molecule has 1 aliphatic carbocycles. The number of nitrogens with zero attached hydrogens (tertiary/aromatic N) is 1. The molecule has 1 heterocycles. The fourth-order valence-corrected chi connectivity index (χ4v) is 4.86. The Kier molecular flexibility index (Phi) is 6.29. The number of amides is 1. The minimum absolute atomic E-state index is 0. The minimum Gasteiger partial charge on any atom is -0.373 e. The van der Waals surface area contributed by atoms with E-state index in [2.05, 4.69) is 17.9 Å². The topological polar surface area (TPSA) is 55.6 Å². The van der Waals surface area contributed by atoms with Crippen LogP contribution in [0.5, 0.6) is 0 Å². The van der Waals surface area contributed by atoms with Gasteiger partial charge in [-0.1, -0.05) is 25.5 Å². The summed E-state index contributed by atoms with van der Waals surface area (Å²) >= 11 is 0. The normalized spacial score (nSPS) is 29.8. The van der Waals surface area contributed by atoms with Crippen molar-refractivity contribution < 1.29 is 9.53 Å². The zero-order valence-electron chi connectivity index (χ0n) is 14.7. The van der Waals surface area contributed by atoms with E-state index in [-0.39, 0.29) is 23.9 Å². The van der Waals surface area contributed by atoms with E-state index in [0.29, 0.717) is 17.4 Å². The van der Waals surface area contributed by atoms with Crippen LogP contribution in [0.2, 0.25) is 0 Å². The SMILES string of the molecule is CCCN1C[C@H]2CCC[C@@H](C1)C2(OC)c1cccc(C(N)=O)c1.Cl. The number of methoxy groups -OCH3 is 1. The Labute approximate surface area is 151 Å². The van der Waals surface area contributed by atoms with Crippen LogP contribution in [-0.2, 0) is 10.3 Å². The van der Waals surface area contributed by atoms with Crippen molar-refractivity contribution in [2.75, 3.05) is 26.7 Å². The van der Waals surface area contributed by atoms with Gasteiger partial charge in [0.15, 0.2) is 0 Å². The van der Waals surface area contributed by atoms with Gasteiger partial charge in [0.2, 0.25) is 5.91 Å². The number of primary amides is 1. The first kappa shape index (κ1) is 19.2. The van der Waals surface area contributed by atoms with Crippen LogP contribution >= 0.6 is 12.4 Å². The molecule has 2 fully saturated rings. The number of benzene rings is 1. The van der Waals surface area contributed by atoms with Gasteiger partial charge in [-0.15, -0.1) is 12.4 Å². The van der Waals surface area contributed by atoms with Crippen molar-refractivity contribution in [1.29, 1.82) is 0 Å². The summed E-state index contributed by atoms with van der Waals surface area (Å²) in [5, 5.41) is 0. The number of hydrogen-bond donors (Lipinski definition) is 1. The van der Waals surface area contributed by atoms with Gasteiger partial charge in [0, 0.05) is 37.6 Å². The number of likely N-dealkylation sites (tertiary alicyclic amines) is 1. The zero-order chi connectivity index (χ0) is 16.4. The standard InChI is InChI=1S/C19H28N2O2.ClH/c1-3-10-21-12-16-8-5-9-17(13-21)19(16,23-2)15-7-4-6-14(11-15)18(20)22;/h4,6-7,11,16-17H,3,5,8-10,12-13H2,1-2H3,(H2,20,22);1H/t16-,17+,19?;. The molecule has 1 aliphatic heterocycles. The Morgan fingerprint density at radius 1 is 1.33 bits per heavy atom. The summed E-state index contributed by atoms with van der Waals surface area (Å²) in [4.78, 5) is 14.2. The number of hydrogen-bond acceptors (Lipinski definition) is 3. The molecule has 1 saturated carbocycles. The second-order valence-electron chi connectivity index (χ2n) is 7.03. The molecule has 1 unspecified atom stereocenters. The van der Waals surface area contributed by atoms with E-state index in [1.54, 1.807) is 6.07 Å². The molecular weight excluding hydrogens is 324 g/mol. The quantitative estimate of drug-likeness (QED) is 0.885. The highest BCUT2D eigenvalue weighted by molar-refractivity contribution is 5.92. The van der Waals surface area contributed by atoms with Gasteiger partial charge >= 0.3 is 0 Å². The smallest absolute Gasteiger partial charge is 0.248 e. The number of carbonyl (C=O) groups excluding carboxylic acids is 1. The summed E-state index contributed by atoms with van der Waals surface area (Å²) < 4.78 is 6.21. The van der Waals surface area contributed by atoms with Gasteiger partial charge in [-0.3, -0.25) is 4.79 Å². The van der Waals surface area contributed by atoms with Crippen LogP contribution in [0.15, 0.2) is 24.3 Å². The van der Waals surface area contributed by atoms with Crippen molar-refractivity contribution in [3.05, 3.63) is 35.4 Å². The van der Waals surface area contributed by atoms with E-state index < -0.39 is 0 Å². The summed E-state index contributed by atoms with van der Waals surface area (Å²) in [7, 11) is 1.83. The second kappa shape index (κ2) is 7.85. The zero-order valence-corrected chi connectivity index (χ0v) is 15.5. The largest absolute Gasteiger partial charge is 0.373 e. The van der Waals surface area contributed by atoms with Crippen molar-refractivity contribution in [3.63, 3.8) is 0 Å². The molecule has 1 saturated heterocycles. The summed E-state index contributed by atoms with van der Waals surface area (Å²) in [6.07, 6.45) is 4.84. The molecule has 2 bridgehead atoms. The van der Waals surface area contributed by atoms with Gasteiger partial charge < -0.3 is 15.4 Å². The summed E-state index contributed by atoms with van der Waals surface area (Å²) in [5.74, 6) is 0.594. The molecule has 0 aromatic heterocycles. The third-order valence-corrected chi connectivity index (χ3v) is 5.75. The number of halogens is 1. The van der Waals surface area contributed by atoms with Crippen molar-refractivity contribution >= 4 is 18.3 Å². The molecule has 1 aromatic rings. The molecule has 1 aromatic carbocycles. The van der Waals surface area contributed by atoms with E-state index >= 15 is 0 Å². The Bertz CT molecular complexity index is 564. The number of fused-ring (bicyclic) bond motifs is 2. The summed E-state index contributed by atoms with van der Waals surface area (Å²) in [6.45, 7) is 5.57. The van der Waals surface area contributed by atoms with Crippen LogP contribution in [0.3, 0.4) is 0 Å². The number of nitrogens with two attached hydrogens (primary N) is 1. The highest BCUT2D eigenvalue weighted by Gasteiger charge is 2.52. The molecule has 3 atom stereocenters. The molecule has 1 amide bonds. The van der Waals surface area contributed by atoms with E-state index in [1.165, 1.54) is 25.7 Å². The van der Waals surface area contributed by atoms with E-state index in [4.69, 9.17) is 10.5 Å². The van der Waals surface area contributed by atoms with E-state index in [0.717, 1.165) is 25.2 Å². The number of rotatable bonds is 5. The summed E-state index contributed by atoms with van der Waals surface area (Å²) in [5.41, 5.74) is 6.92. The third-order valence-electron chi connectivity index (χ3n) is 5.75. The van der Waals surface area contributed by atoms with Crippen LogP contribution in [-0.4, -0.2) is 37.6 Å². The average molecular weight is 353 g/mol. The molecule has 24 heavy (non-hydrogen) atoms. The molecule has 2 aliphatic rings. The number of ether oxygens (including phenoxy) is 1. The first-order chi connectivity index (χ1) is 11.1. The van der Waals surface area contributed by atoms with Gasteiger partial charge in [0.25, 0.3) is 0 Å². The van der Waals surface area contributed by atoms with Crippen molar-refractivity contribution in [1.82, 2.24) is 4.90 Å². The van der Waals surface area contributed by atoms with Gasteiger partial charge in [-0.25, -0.2) is 0 Å². The van der Waals surface area contributed by atoms with Crippen molar-refractivity contribution in [2.24, 2.45) is 17.6 Å². The number of carbonyl (C=O) groups is 1. The Morgan fingerprint density at radius 3 is 2.54 bits per heavy atom. The van der Waals surface area contributed by atoms with Crippen LogP contribution in [0.4, 0.5) is 0 Å². The van der Waals surface area contributed by atoms with Crippen LogP contribution in [0.1, 0.15) is 48.5 Å². The minimum atomic E-state index is -0.369. The van der Waals surface area contributed by atoms with Crippen molar-refractivity contribution in [2.45, 2.75) is 38.2 Å². The lowest BCUT2D eigenvalue weighted by Gasteiger charge is -2.55. The fourth-order valence-electron chi connectivity index (χ4n) is 4.86. The van der Waals surface area contributed by atoms with Crippen LogP contribution < -0.4 is 5.73 Å². The summed E-state index contributed by atoms with van der Waals surface area (Å²) in [6, 6.07) is 7.78. The first-order valence-corrected chi connectivity index (χ1v) is 8.79. The third kappa shape index (κ3) is 3.19. The lowest BCUT2D eigenvalue weighted by Crippen LogP contribution is -2.59. The van der Waals surface area contributed by atoms with Gasteiger partial charge in [-0.2, -0.15) is 0 Å². The lowest BCUT2D eigenvalue weighted by molar-refractivity contribution is -0.168. The monoisotopic (exact) mass is 352 g/mol. The maximum Gasteiger partial charge on any atom is 0.248 e. The molecule has 3 rings (SSSR count). The molecule has 4 nitrogen and oxygen atoms in total. The van der Waals surface area contributed by atoms with E-state index in [1.807, 2.05) is 19.2 Å². The fraction of sp³-hybridized carbons (Fsp3) is 0.632. The number of piperidine rings is 1. The van der Waals surface area contributed by atoms with Gasteiger partial charge in [0.05, 0.1) is 0 Å². The molecule has 0 radical (unpaired) electrons. The Hall–Kier alpha value is -1.10. The molecule has 2 N–H and O–H groups in total. The van der Waals surface area contributed by atoms with Crippen LogP contribution in [0.25, 0.3) is 0 Å². The Balaban J connectivity index is 0.00000208. The molecule has 0 spiro atoms. The average Bonchev–Trinajstić information content (AvgIpc) is 2.54. The van der Waals surface area contributed by atoms with Crippen LogP contribution in [0, 0.1) is 11.8 Å². The highest BCUT2D eigenvalue weighted by atomic mass is 35.5. The maximum atomic E-state index is 11.6. The lowest BCUT2D eigenvalue weighted by atomic mass is 9.62.